The number of rotatable bonds is 3. The van der Waals surface area contributed by atoms with Crippen molar-refractivity contribution in [1.82, 2.24) is 4.90 Å². The van der Waals surface area contributed by atoms with Crippen molar-refractivity contribution < 1.29 is 19.1 Å². The molecule has 2 aromatic carbocycles. The quantitative estimate of drug-likeness (QED) is 0.809. The second-order valence-electron chi connectivity index (χ2n) is 7.86. The Kier molecular flexibility index (Phi) is 5.87. The number of carbonyl (C=O) groups excluding carboxylic acids is 2. The van der Waals surface area contributed by atoms with Gasteiger partial charge in [-0.15, -0.1) is 0 Å². The molecule has 1 atom stereocenters. The van der Waals surface area contributed by atoms with Gasteiger partial charge in [-0.05, 0) is 57.0 Å². The SMILES string of the molecule is CC(C)(C)OC(=O)N1CC[C@H](c2ccc(NC(=O)Oc3ccccc3)cc2)C1. The molecule has 2 aromatic rings. The van der Waals surface area contributed by atoms with Crippen molar-refractivity contribution in [2.75, 3.05) is 18.4 Å². The highest BCUT2D eigenvalue weighted by molar-refractivity contribution is 5.86. The van der Waals surface area contributed by atoms with Crippen LogP contribution in [0.15, 0.2) is 54.6 Å². The molecule has 0 unspecified atom stereocenters. The minimum absolute atomic E-state index is 0.262. The molecule has 0 aromatic heterocycles. The topological polar surface area (TPSA) is 67.9 Å². The van der Waals surface area contributed by atoms with Gasteiger partial charge in [0.1, 0.15) is 11.4 Å². The molecule has 1 aliphatic heterocycles. The molecule has 0 bridgehead atoms. The van der Waals surface area contributed by atoms with Gasteiger partial charge in [0.2, 0.25) is 0 Å². The van der Waals surface area contributed by atoms with Crippen LogP contribution in [0.3, 0.4) is 0 Å². The summed E-state index contributed by atoms with van der Waals surface area (Å²) >= 11 is 0. The second-order valence-corrected chi connectivity index (χ2v) is 7.86. The Balaban J connectivity index is 1.53. The minimum atomic E-state index is -0.532. The van der Waals surface area contributed by atoms with E-state index >= 15 is 0 Å². The highest BCUT2D eigenvalue weighted by Gasteiger charge is 2.30. The molecule has 28 heavy (non-hydrogen) atoms. The third kappa shape index (κ3) is 5.49. The van der Waals surface area contributed by atoms with E-state index < -0.39 is 11.7 Å². The van der Waals surface area contributed by atoms with E-state index in [-0.39, 0.29) is 12.0 Å². The number of benzene rings is 2. The minimum Gasteiger partial charge on any atom is -0.444 e. The summed E-state index contributed by atoms with van der Waals surface area (Å²) in [5.74, 6) is 0.752. The molecule has 1 saturated heterocycles. The molecular formula is C22H26N2O4. The number of anilines is 1. The second kappa shape index (κ2) is 8.33. The fourth-order valence-corrected chi connectivity index (χ4v) is 3.10. The van der Waals surface area contributed by atoms with Gasteiger partial charge in [0.15, 0.2) is 0 Å². The number of likely N-dealkylation sites (tertiary alicyclic amines) is 1. The van der Waals surface area contributed by atoms with Crippen molar-refractivity contribution in [1.29, 1.82) is 0 Å². The van der Waals surface area contributed by atoms with Crippen LogP contribution < -0.4 is 10.1 Å². The molecule has 6 heteroatoms. The number of nitrogens with zero attached hydrogens (tertiary/aromatic N) is 1. The highest BCUT2D eigenvalue weighted by Crippen LogP contribution is 2.29. The standard InChI is InChI=1S/C22H26N2O4/c1-22(2,3)28-21(26)24-14-13-17(15-24)16-9-11-18(12-10-16)23-20(25)27-19-7-5-4-6-8-19/h4-12,17H,13-15H2,1-3H3,(H,23,25)/t17-/m0/s1. The molecule has 148 valence electrons. The Bertz CT molecular complexity index is 813. The number of nitrogens with one attached hydrogen (secondary N) is 1. The van der Waals surface area contributed by atoms with Crippen LogP contribution in [0.25, 0.3) is 0 Å². The fourth-order valence-electron chi connectivity index (χ4n) is 3.10. The molecule has 1 aliphatic rings. The van der Waals surface area contributed by atoms with Crippen LogP contribution in [-0.4, -0.2) is 35.8 Å². The first kappa shape index (κ1) is 19.7. The monoisotopic (exact) mass is 382 g/mol. The molecular weight excluding hydrogens is 356 g/mol. The summed E-state index contributed by atoms with van der Waals surface area (Å²) in [6.07, 6.45) is 0.0927. The van der Waals surface area contributed by atoms with Gasteiger partial charge < -0.3 is 14.4 Å². The van der Waals surface area contributed by atoms with Gasteiger partial charge in [-0.1, -0.05) is 30.3 Å². The van der Waals surface area contributed by atoms with Gasteiger partial charge in [-0.25, -0.2) is 9.59 Å². The number of carbonyl (C=O) groups is 2. The van der Waals surface area contributed by atoms with Crippen LogP contribution in [0.2, 0.25) is 0 Å². The molecule has 6 nitrogen and oxygen atoms in total. The Hall–Kier alpha value is -3.02. The fraction of sp³-hybridized carbons (Fsp3) is 0.364. The maximum absolute atomic E-state index is 12.2. The zero-order valence-corrected chi connectivity index (χ0v) is 16.5. The summed E-state index contributed by atoms with van der Waals surface area (Å²) in [6.45, 7) is 6.92. The van der Waals surface area contributed by atoms with E-state index in [0.717, 1.165) is 12.0 Å². The smallest absolute Gasteiger partial charge is 0.417 e. The maximum Gasteiger partial charge on any atom is 0.417 e. The first-order valence-electron chi connectivity index (χ1n) is 9.42. The Labute approximate surface area is 165 Å². The van der Waals surface area contributed by atoms with Crippen LogP contribution in [0, 0.1) is 0 Å². The van der Waals surface area contributed by atoms with Crippen LogP contribution in [0.5, 0.6) is 5.75 Å². The molecule has 1 N–H and O–H groups in total. The predicted octanol–water partition coefficient (Wildman–Crippen LogP) is 5.02. The van der Waals surface area contributed by atoms with Crippen LogP contribution in [-0.2, 0) is 4.74 Å². The van der Waals surface area contributed by atoms with Crippen molar-refractivity contribution in [2.24, 2.45) is 0 Å². The van der Waals surface area contributed by atoms with E-state index in [1.54, 1.807) is 29.2 Å². The summed E-state index contributed by atoms with van der Waals surface area (Å²) in [7, 11) is 0. The van der Waals surface area contributed by atoms with Crippen molar-refractivity contribution in [2.45, 2.75) is 38.7 Å². The third-order valence-corrected chi connectivity index (χ3v) is 4.42. The normalized spacial score (nSPS) is 16.5. The Morgan fingerprint density at radius 1 is 1.04 bits per heavy atom. The van der Waals surface area contributed by atoms with Crippen LogP contribution in [0.4, 0.5) is 15.3 Å². The van der Waals surface area contributed by atoms with E-state index in [4.69, 9.17) is 9.47 Å². The highest BCUT2D eigenvalue weighted by atomic mass is 16.6. The van der Waals surface area contributed by atoms with E-state index in [2.05, 4.69) is 5.32 Å². The maximum atomic E-state index is 12.2. The van der Waals surface area contributed by atoms with E-state index in [9.17, 15) is 9.59 Å². The predicted molar refractivity (Wildman–Crippen MR) is 108 cm³/mol. The van der Waals surface area contributed by atoms with Gasteiger partial charge in [0.25, 0.3) is 0 Å². The van der Waals surface area contributed by atoms with Gasteiger partial charge in [-0.2, -0.15) is 0 Å². The molecule has 2 amide bonds. The van der Waals surface area contributed by atoms with E-state index in [0.29, 0.717) is 24.5 Å². The summed E-state index contributed by atoms with van der Waals surface area (Å²) in [5, 5.41) is 2.72. The first-order valence-corrected chi connectivity index (χ1v) is 9.42. The number of ether oxygens (including phenoxy) is 2. The largest absolute Gasteiger partial charge is 0.444 e. The van der Waals surface area contributed by atoms with Gasteiger partial charge in [-0.3, -0.25) is 5.32 Å². The molecule has 1 fully saturated rings. The number of hydrogen-bond donors (Lipinski definition) is 1. The average Bonchev–Trinajstić information content (AvgIpc) is 3.12. The van der Waals surface area contributed by atoms with E-state index in [1.165, 1.54) is 0 Å². The van der Waals surface area contributed by atoms with Gasteiger partial charge in [0.05, 0.1) is 0 Å². The average molecular weight is 382 g/mol. The Morgan fingerprint density at radius 2 is 1.71 bits per heavy atom. The van der Waals surface area contributed by atoms with Crippen molar-refractivity contribution in [3.63, 3.8) is 0 Å². The lowest BCUT2D eigenvalue weighted by Gasteiger charge is -2.24. The Morgan fingerprint density at radius 3 is 2.36 bits per heavy atom. The first-order chi connectivity index (χ1) is 13.3. The van der Waals surface area contributed by atoms with Crippen molar-refractivity contribution >= 4 is 17.9 Å². The number of hydrogen-bond acceptors (Lipinski definition) is 4. The van der Waals surface area contributed by atoms with Crippen molar-refractivity contribution in [3.8, 4) is 5.75 Å². The zero-order chi connectivity index (χ0) is 20.1. The zero-order valence-electron chi connectivity index (χ0n) is 16.5. The van der Waals surface area contributed by atoms with Crippen LogP contribution >= 0.6 is 0 Å². The van der Waals surface area contributed by atoms with Crippen molar-refractivity contribution in [3.05, 3.63) is 60.2 Å². The summed E-state index contributed by atoms with van der Waals surface area (Å²) in [5.41, 5.74) is 1.30. The number of amides is 2. The molecule has 0 aliphatic carbocycles. The summed E-state index contributed by atoms with van der Waals surface area (Å²) in [4.78, 5) is 25.9. The van der Waals surface area contributed by atoms with E-state index in [1.807, 2.05) is 51.1 Å². The van der Waals surface area contributed by atoms with Crippen LogP contribution in [0.1, 0.15) is 38.7 Å². The summed E-state index contributed by atoms with van der Waals surface area (Å²) < 4.78 is 10.7. The molecule has 1 heterocycles. The molecule has 0 radical (unpaired) electrons. The summed E-state index contributed by atoms with van der Waals surface area (Å²) in [6, 6.07) is 16.5. The lowest BCUT2D eigenvalue weighted by Crippen LogP contribution is -2.35. The van der Waals surface area contributed by atoms with Gasteiger partial charge >= 0.3 is 12.2 Å². The third-order valence-electron chi connectivity index (χ3n) is 4.42. The number of para-hydroxylation sites is 1. The lowest BCUT2D eigenvalue weighted by atomic mass is 9.98. The molecule has 3 rings (SSSR count). The lowest BCUT2D eigenvalue weighted by molar-refractivity contribution is 0.0292. The van der Waals surface area contributed by atoms with Gasteiger partial charge in [0, 0.05) is 24.7 Å². The molecule has 0 spiro atoms. The molecule has 0 saturated carbocycles.